The van der Waals surface area contributed by atoms with Crippen molar-refractivity contribution < 1.29 is 9.72 Å². The average Bonchev–Trinajstić information content (AvgIpc) is 2.72. The summed E-state index contributed by atoms with van der Waals surface area (Å²) in [6.07, 6.45) is 1.68. The first-order chi connectivity index (χ1) is 13.1. The topological polar surface area (TPSA) is 63.5 Å². The van der Waals surface area contributed by atoms with Gasteiger partial charge in [0.1, 0.15) is 0 Å². The predicted octanol–water partition coefficient (Wildman–Crippen LogP) is 4.80. The van der Waals surface area contributed by atoms with E-state index in [0.29, 0.717) is 11.1 Å². The summed E-state index contributed by atoms with van der Waals surface area (Å²) >= 11 is 0. The molecule has 5 heteroatoms. The number of carbonyl (C=O) groups is 1. The fourth-order valence-electron chi connectivity index (χ4n) is 2.73. The van der Waals surface area contributed by atoms with Gasteiger partial charge in [-0.25, -0.2) is 0 Å². The van der Waals surface area contributed by atoms with Crippen LogP contribution in [0.5, 0.6) is 0 Å². The number of rotatable bonds is 5. The molecule has 0 aliphatic carbocycles. The van der Waals surface area contributed by atoms with Crippen molar-refractivity contribution in [2.24, 2.45) is 0 Å². The predicted molar refractivity (Wildman–Crippen MR) is 107 cm³/mol. The van der Waals surface area contributed by atoms with Gasteiger partial charge in [-0.15, -0.1) is 0 Å². The summed E-state index contributed by atoms with van der Waals surface area (Å²) in [4.78, 5) is 25.4. The molecule has 0 unspecified atom stereocenters. The van der Waals surface area contributed by atoms with Crippen LogP contribution in [0, 0.1) is 10.1 Å². The van der Waals surface area contributed by atoms with Gasteiger partial charge in [0.15, 0.2) is 0 Å². The smallest absolute Gasteiger partial charge is 0.270 e. The van der Waals surface area contributed by atoms with Gasteiger partial charge in [-0.05, 0) is 29.3 Å². The summed E-state index contributed by atoms with van der Waals surface area (Å²) < 4.78 is 0. The second kappa shape index (κ2) is 8.10. The molecule has 3 aromatic rings. The molecule has 0 aromatic heterocycles. The van der Waals surface area contributed by atoms with Crippen molar-refractivity contribution in [1.29, 1.82) is 0 Å². The highest BCUT2D eigenvalue weighted by Crippen LogP contribution is 2.24. The van der Waals surface area contributed by atoms with E-state index >= 15 is 0 Å². The zero-order chi connectivity index (χ0) is 19.2. The van der Waals surface area contributed by atoms with E-state index < -0.39 is 4.92 Å². The summed E-state index contributed by atoms with van der Waals surface area (Å²) in [5, 5.41) is 11.0. The Kier molecular flexibility index (Phi) is 5.42. The van der Waals surface area contributed by atoms with Crippen LogP contribution in [0.4, 0.5) is 11.4 Å². The largest absolute Gasteiger partial charge is 0.311 e. The highest BCUT2D eigenvalue weighted by Gasteiger charge is 2.18. The molecule has 0 atom stereocenters. The molecule has 134 valence electrons. The minimum absolute atomic E-state index is 0.0139. The van der Waals surface area contributed by atoms with Crippen LogP contribution in [0.15, 0.2) is 84.9 Å². The normalized spacial score (nSPS) is 11.1. The molecule has 0 radical (unpaired) electrons. The van der Waals surface area contributed by atoms with Crippen molar-refractivity contribution in [2.75, 3.05) is 11.9 Å². The maximum Gasteiger partial charge on any atom is 0.270 e. The number of likely N-dealkylation sites (N-methyl/N-ethyl adjacent to an activating group) is 1. The number of non-ortho nitro benzene ring substituents is 1. The molecule has 0 saturated carbocycles. The number of nitro groups is 1. The standard InChI is InChI=1S/C22H18N2O3/c1-23(19-12-6-3-7-13-19)22(25)21(18-10-4-2-5-11-18)16-17-9-8-14-20(15-17)24(26)27/h2-16H,1H3/b21-16+. The Morgan fingerprint density at radius 1 is 0.926 bits per heavy atom. The van der Waals surface area contributed by atoms with Gasteiger partial charge in [0.05, 0.1) is 4.92 Å². The highest BCUT2D eigenvalue weighted by atomic mass is 16.6. The molecule has 0 N–H and O–H groups in total. The maximum atomic E-state index is 13.2. The number of amides is 1. The Morgan fingerprint density at radius 3 is 2.19 bits per heavy atom. The van der Waals surface area contributed by atoms with Crippen molar-refractivity contribution in [3.8, 4) is 0 Å². The molecule has 3 rings (SSSR count). The third-order valence-corrected chi connectivity index (χ3v) is 4.16. The molecule has 0 aliphatic heterocycles. The lowest BCUT2D eigenvalue weighted by Gasteiger charge is -2.19. The zero-order valence-corrected chi connectivity index (χ0v) is 14.8. The molecule has 1 amide bonds. The molecule has 27 heavy (non-hydrogen) atoms. The molecule has 0 aliphatic rings. The van der Waals surface area contributed by atoms with Gasteiger partial charge in [-0.2, -0.15) is 0 Å². The molecule has 0 bridgehead atoms. The Balaban J connectivity index is 2.05. The molecule has 0 saturated heterocycles. The molecule has 0 heterocycles. The lowest BCUT2D eigenvalue weighted by molar-refractivity contribution is -0.384. The minimum atomic E-state index is -0.447. The number of carbonyl (C=O) groups excluding carboxylic acids is 1. The number of nitrogens with zero attached hydrogens (tertiary/aromatic N) is 2. The summed E-state index contributed by atoms with van der Waals surface area (Å²) in [7, 11) is 1.71. The van der Waals surface area contributed by atoms with E-state index in [2.05, 4.69) is 0 Å². The molecular weight excluding hydrogens is 340 g/mol. The Morgan fingerprint density at radius 2 is 1.56 bits per heavy atom. The van der Waals surface area contributed by atoms with Gasteiger partial charge >= 0.3 is 0 Å². The molecule has 5 nitrogen and oxygen atoms in total. The summed E-state index contributed by atoms with van der Waals surface area (Å²) in [6.45, 7) is 0. The fourth-order valence-corrected chi connectivity index (χ4v) is 2.73. The molecule has 0 fully saturated rings. The van der Waals surface area contributed by atoms with Crippen molar-refractivity contribution in [3.05, 3.63) is 106 Å². The monoisotopic (exact) mass is 358 g/mol. The van der Waals surface area contributed by atoms with Crippen LogP contribution in [0.25, 0.3) is 11.6 Å². The van der Waals surface area contributed by atoms with Crippen molar-refractivity contribution in [1.82, 2.24) is 0 Å². The Hall–Kier alpha value is -3.73. The maximum absolute atomic E-state index is 13.2. The van der Waals surface area contributed by atoms with Gasteiger partial charge in [-0.1, -0.05) is 60.7 Å². The van der Waals surface area contributed by atoms with Crippen molar-refractivity contribution in [2.45, 2.75) is 0 Å². The second-order valence-electron chi connectivity index (χ2n) is 5.98. The van der Waals surface area contributed by atoms with E-state index in [1.165, 1.54) is 12.1 Å². The third kappa shape index (κ3) is 4.27. The number of para-hydroxylation sites is 1. The number of nitro benzene ring substituents is 1. The lowest BCUT2D eigenvalue weighted by Crippen LogP contribution is -2.27. The van der Waals surface area contributed by atoms with E-state index in [4.69, 9.17) is 0 Å². The summed E-state index contributed by atoms with van der Waals surface area (Å²) in [5.74, 6) is -0.195. The first-order valence-corrected chi connectivity index (χ1v) is 8.41. The van der Waals surface area contributed by atoms with Crippen LogP contribution < -0.4 is 4.90 Å². The van der Waals surface area contributed by atoms with E-state index in [1.54, 1.807) is 30.2 Å². The van der Waals surface area contributed by atoms with Gasteiger partial charge in [0, 0.05) is 30.4 Å². The molecular formula is C22H18N2O3. The van der Waals surface area contributed by atoms with Crippen LogP contribution in [0.1, 0.15) is 11.1 Å². The van der Waals surface area contributed by atoms with E-state index in [0.717, 1.165) is 11.3 Å². The SMILES string of the molecule is CN(C(=O)/C(=C/c1cccc([N+](=O)[O-])c1)c1ccccc1)c1ccccc1. The van der Waals surface area contributed by atoms with Gasteiger partial charge in [0.2, 0.25) is 0 Å². The second-order valence-corrected chi connectivity index (χ2v) is 5.98. The van der Waals surface area contributed by atoms with Gasteiger partial charge in [-0.3, -0.25) is 14.9 Å². The number of hydrogen-bond donors (Lipinski definition) is 0. The van der Waals surface area contributed by atoms with E-state index in [1.807, 2.05) is 60.7 Å². The van der Waals surface area contributed by atoms with Crippen LogP contribution in [-0.2, 0) is 4.79 Å². The first kappa shape index (κ1) is 18.1. The fraction of sp³-hybridized carbons (Fsp3) is 0.0455. The lowest BCUT2D eigenvalue weighted by atomic mass is 10.0. The van der Waals surface area contributed by atoms with E-state index in [9.17, 15) is 14.9 Å². The quantitative estimate of drug-likeness (QED) is 0.285. The summed E-state index contributed by atoms with van der Waals surface area (Å²) in [5.41, 5.74) is 2.56. The van der Waals surface area contributed by atoms with Crippen molar-refractivity contribution in [3.63, 3.8) is 0 Å². The van der Waals surface area contributed by atoms with Crippen LogP contribution in [0.2, 0.25) is 0 Å². The van der Waals surface area contributed by atoms with Crippen LogP contribution in [-0.4, -0.2) is 17.9 Å². The van der Waals surface area contributed by atoms with Gasteiger partial charge < -0.3 is 4.90 Å². The zero-order valence-electron chi connectivity index (χ0n) is 14.8. The third-order valence-electron chi connectivity index (χ3n) is 4.16. The number of benzene rings is 3. The van der Waals surface area contributed by atoms with Gasteiger partial charge in [0.25, 0.3) is 11.6 Å². The Bertz CT molecular complexity index is 983. The first-order valence-electron chi connectivity index (χ1n) is 8.41. The number of hydrogen-bond acceptors (Lipinski definition) is 3. The number of anilines is 1. The molecule has 0 spiro atoms. The van der Waals surface area contributed by atoms with Crippen LogP contribution >= 0.6 is 0 Å². The summed E-state index contributed by atoms with van der Waals surface area (Å²) in [6, 6.07) is 24.8. The van der Waals surface area contributed by atoms with Crippen LogP contribution in [0.3, 0.4) is 0 Å². The highest BCUT2D eigenvalue weighted by molar-refractivity contribution is 6.29. The van der Waals surface area contributed by atoms with Crippen molar-refractivity contribution >= 4 is 28.9 Å². The minimum Gasteiger partial charge on any atom is -0.311 e. The van der Waals surface area contributed by atoms with E-state index in [-0.39, 0.29) is 11.6 Å². The Labute approximate surface area is 157 Å². The molecule has 3 aromatic carbocycles. The average molecular weight is 358 g/mol.